The quantitative estimate of drug-likeness (QED) is 0.537. The Morgan fingerprint density at radius 1 is 1.23 bits per heavy atom. The summed E-state index contributed by atoms with van der Waals surface area (Å²) < 4.78 is 23.8. The van der Waals surface area contributed by atoms with Crippen LogP contribution in [0, 0.1) is 17.8 Å². The van der Waals surface area contributed by atoms with Crippen molar-refractivity contribution in [2.45, 2.75) is 76.8 Å². The van der Waals surface area contributed by atoms with E-state index in [0.717, 1.165) is 32.1 Å². The van der Waals surface area contributed by atoms with Crippen LogP contribution >= 0.6 is 0 Å². The topological polar surface area (TPSA) is 71.1 Å². The summed E-state index contributed by atoms with van der Waals surface area (Å²) in [5, 5.41) is 0. The van der Waals surface area contributed by atoms with Crippen LogP contribution in [0.15, 0.2) is 30.3 Å². The van der Waals surface area contributed by atoms with Gasteiger partial charge in [-0.3, -0.25) is 4.79 Å². The molecule has 2 saturated heterocycles. The number of hydrogen-bond donors (Lipinski definition) is 0. The van der Waals surface area contributed by atoms with Crippen molar-refractivity contribution in [3.63, 3.8) is 0 Å². The van der Waals surface area contributed by atoms with Gasteiger partial charge < -0.3 is 18.9 Å². The van der Waals surface area contributed by atoms with Gasteiger partial charge in [-0.1, -0.05) is 44.9 Å². The molecule has 1 aliphatic carbocycles. The van der Waals surface area contributed by atoms with Crippen LogP contribution in [0.4, 0.5) is 0 Å². The van der Waals surface area contributed by atoms with Crippen LogP contribution in [0.2, 0.25) is 0 Å². The van der Waals surface area contributed by atoms with Gasteiger partial charge in [-0.15, -0.1) is 0 Å². The van der Waals surface area contributed by atoms with Gasteiger partial charge >= 0.3 is 11.9 Å². The van der Waals surface area contributed by atoms with E-state index in [1.54, 1.807) is 12.1 Å². The Bertz CT molecular complexity index is 757. The van der Waals surface area contributed by atoms with Crippen LogP contribution in [0.1, 0.15) is 69.2 Å². The molecule has 2 aliphatic heterocycles. The summed E-state index contributed by atoms with van der Waals surface area (Å²) >= 11 is 0. The minimum Gasteiger partial charge on any atom is -0.462 e. The third kappa shape index (κ3) is 4.80. The third-order valence-corrected chi connectivity index (χ3v) is 7.27. The van der Waals surface area contributed by atoms with E-state index in [-0.39, 0.29) is 36.0 Å². The van der Waals surface area contributed by atoms with Crippen LogP contribution in [0.25, 0.3) is 0 Å². The summed E-state index contributed by atoms with van der Waals surface area (Å²) in [6.07, 6.45) is 5.40. The van der Waals surface area contributed by atoms with Crippen molar-refractivity contribution in [1.29, 1.82) is 0 Å². The van der Waals surface area contributed by atoms with Crippen LogP contribution in [-0.2, 0) is 23.7 Å². The Balaban J connectivity index is 1.46. The smallest absolute Gasteiger partial charge is 0.338 e. The Labute approximate surface area is 184 Å². The predicted octanol–water partition coefficient (Wildman–Crippen LogP) is 4.51. The summed E-state index contributed by atoms with van der Waals surface area (Å²) in [5.74, 6) is -0.602. The van der Waals surface area contributed by atoms with E-state index >= 15 is 0 Å². The van der Waals surface area contributed by atoms with Crippen LogP contribution < -0.4 is 0 Å². The minimum absolute atomic E-state index is 0.0622. The normalized spacial score (nSPS) is 30.1. The molecule has 0 radical (unpaired) electrons. The predicted molar refractivity (Wildman–Crippen MR) is 114 cm³/mol. The maximum absolute atomic E-state index is 12.7. The molecule has 170 valence electrons. The van der Waals surface area contributed by atoms with E-state index < -0.39 is 5.79 Å². The van der Waals surface area contributed by atoms with E-state index in [2.05, 4.69) is 13.8 Å². The van der Waals surface area contributed by atoms with Crippen molar-refractivity contribution in [3.8, 4) is 0 Å². The Morgan fingerprint density at radius 2 is 1.97 bits per heavy atom. The lowest BCUT2D eigenvalue weighted by molar-refractivity contribution is -0.201. The number of carbonyl (C=O) groups is 2. The second-order valence-corrected chi connectivity index (χ2v) is 9.20. The fraction of sp³-hybridized carbons (Fsp3) is 0.680. The number of carbonyl (C=O) groups excluding carboxylic acids is 2. The van der Waals surface area contributed by atoms with Crippen molar-refractivity contribution < 1.29 is 28.5 Å². The van der Waals surface area contributed by atoms with Crippen molar-refractivity contribution in [2.75, 3.05) is 13.2 Å². The minimum atomic E-state index is -0.579. The zero-order valence-electron chi connectivity index (χ0n) is 18.6. The van der Waals surface area contributed by atoms with E-state index in [1.165, 1.54) is 0 Å². The van der Waals surface area contributed by atoms with Gasteiger partial charge in [0, 0.05) is 30.6 Å². The molecule has 0 amide bonds. The van der Waals surface area contributed by atoms with E-state index in [0.29, 0.717) is 37.5 Å². The number of ether oxygens (including phenoxy) is 4. The fourth-order valence-corrected chi connectivity index (χ4v) is 5.52. The first kappa shape index (κ1) is 22.3. The van der Waals surface area contributed by atoms with Crippen LogP contribution in [0.3, 0.4) is 0 Å². The fourth-order valence-electron chi connectivity index (χ4n) is 5.52. The van der Waals surface area contributed by atoms with E-state index in [4.69, 9.17) is 18.9 Å². The molecule has 0 aromatic heterocycles. The highest BCUT2D eigenvalue weighted by atomic mass is 16.7. The first-order valence-corrected chi connectivity index (χ1v) is 11.8. The van der Waals surface area contributed by atoms with Gasteiger partial charge in [0.1, 0.15) is 12.2 Å². The SMILES string of the molecule is CCCCC(C)C1(CCC2C(OC(=O)c3ccccc3)CC3OC(=O)CC32)OCCO1. The molecule has 5 unspecified atom stereocenters. The first-order valence-electron chi connectivity index (χ1n) is 11.8. The molecule has 31 heavy (non-hydrogen) atoms. The van der Waals surface area contributed by atoms with E-state index in [9.17, 15) is 9.59 Å². The summed E-state index contributed by atoms with van der Waals surface area (Å²) in [7, 11) is 0. The van der Waals surface area contributed by atoms with Gasteiger partial charge in [-0.2, -0.15) is 0 Å². The number of fused-ring (bicyclic) bond motifs is 1. The molecular formula is C25H34O6. The van der Waals surface area contributed by atoms with Gasteiger partial charge in [0.25, 0.3) is 0 Å². The molecule has 0 spiro atoms. The molecule has 0 N–H and O–H groups in total. The summed E-state index contributed by atoms with van der Waals surface area (Å²) in [6, 6.07) is 9.06. The van der Waals surface area contributed by atoms with Gasteiger partial charge in [0.2, 0.25) is 0 Å². The van der Waals surface area contributed by atoms with Crippen molar-refractivity contribution in [2.24, 2.45) is 17.8 Å². The highest BCUT2D eigenvalue weighted by molar-refractivity contribution is 5.89. The number of rotatable bonds is 9. The van der Waals surface area contributed by atoms with Gasteiger partial charge in [0.15, 0.2) is 5.79 Å². The third-order valence-electron chi connectivity index (χ3n) is 7.27. The molecule has 6 nitrogen and oxygen atoms in total. The largest absolute Gasteiger partial charge is 0.462 e. The Morgan fingerprint density at radius 3 is 2.68 bits per heavy atom. The molecule has 5 atom stereocenters. The zero-order chi connectivity index (χ0) is 21.8. The van der Waals surface area contributed by atoms with Crippen molar-refractivity contribution >= 4 is 11.9 Å². The molecular weight excluding hydrogens is 396 g/mol. The summed E-state index contributed by atoms with van der Waals surface area (Å²) in [6.45, 7) is 5.62. The molecule has 2 heterocycles. The molecule has 1 saturated carbocycles. The maximum Gasteiger partial charge on any atom is 0.338 e. The average Bonchev–Trinajstić information content (AvgIpc) is 3.47. The number of benzene rings is 1. The lowest BCUT2D eigenvalue weighted by Gasteiger charge is -2.35. The number of unbranched alkanes of at least 4 members (excludes halogenated alkanes) is 1. The second kappa shape index (κ2) is 9.70. The molecule has 3 fully saturated rings. The van der Waals surface area contributed by atoms with Gasteiger partial charge in [-0.25, -0.2) is 4.79 Å². The van der Waals surface area contributed by atoms with Crippen molar-refractivity contribution in [3.05, 3.63) is 35.9 Å². The van der Waals surface area contributed by atoms with Crippen molar-refractivity contribution in [1.82, 2.24) is 0 Å². The zero-order valence-corrected chi connectivity index (χ0v) is 18.6. The highest BCUT2D eigenvalue weighted by Gasteiger charge is 2.53. The average molecular weight is 431 g/mol. The Hall–Kier alpha value is -1.92. The van der Waals surface area contributed by atoms with E-state index in [1.807, 2.05) is 18.2 Å². The number of hydrogen-bond acceptors (Lipinski definition) is 6. The summed E-state index contributed by atoms with van der Waals surface area (Å²) in [4.78, 5) is 24.6. The van der Waals surface area contributed by atoms with Crippen LogP contribution in [0.5, 0.6) is 0 Å². The molecule has 6 heteroatoms. The number of esters is 2. The highest BCUT2D eigenvalue weighted by Crippen LogP contribution is 2.47. The van der Waals surface area contributed by atoms with Gasteiger partial charge in [0.05, 0.1) is 25.2 Å². The molecule has 0 bridgehead atoms. The summed E-state index contributed by atoms with van der Waals surface area (Å²) in [5.41, 5.74) is 0.544. The second-order valence-electron chi connectivity index (χ2n) is 9.20. The standard InChI is InChI=1S/C25H34O6/c1-3-4-8-17(2)25(28-13-14-29-25)12-11-19-20-15-23(26)30-22(20)16-21(19)31-24(27)18-9-6-5-7-10-18/h5-7,9-10,17,19-22H,3-4,8,11-16H2,1-2H3. The van der Waals surface area contributed by atoms with Crippen LogP contribution in [-0.4, -0.2) is 43.1 Å². The molecule has 3 aliphatic rings. The molecule has 1 aromatic rings. The maximum atomic E-state index is 12.7. The monoisotopic (exact) mass is 430 g/mol. The molecule has 1 aromatic carbocycles. The molecule has 4 rings (SSSR count). The first-order chi connectivity index (χ1) is 15.0. The Kier molecular flexibility index (Phi) is 6.97. The lowest BCUT2D eigenvalue weighted by Crippen LogP contribution is -2.39. The van der Waals surface area contributed by atoms with Gasteiger partial charge in [-0.05, 0) is 25.0 Å². The lowest BCUT2D eigenvalue weighted by atomic mass is 9.83.